The summed E-state index contributed by atoms with van der Waals surface area (Å²) in [5, 5.41) is 10.0. The molecule has 86 valence electrons. The van der Waals surface area contributed by atoms with Crippen LogP contribution in [0.25, 0.3) is 16.8 Å². The van der Waals surface area contributed by atoms with Crippen molar-refractivity contribution in [2.75, 3.05) is 7.11 Å². The lowest BCUT2D eigenvalue weighted by molar-refractivity contribution is -0.456. The maximum atomic E-state index is 5.44. The number of ether oxygens (including phenoxy) is 1. The highest BCUT2D eigenvalue weighted by Gasteiger charge is 2.20. The van der Waals surface area contributed by atoms with Crippen LogP contribution in [-0.4, -0.2) is 12.2 Å². The Kier molecular flexibility index (Phi) is 2.32. The quantitative estimate of drug-likeness (QED) is 0.788. The second-order valence-corrected chi connectivity index (χ2v) is 4.21. The zero-order chi connectivity index (χ0) is 11.8. The van der Waals surface area contributed by atoms with Gasteiger partial charge >= 0.3 is 0 Å². The van der Waals surface area contributed by atoms with Gasteiger partial charge in [-0.1, -0.05) is 18.1 Å². The van der Waals surface area contributed by atoms with E-state index in [0.29, 0.717) is 0 Å². The highest BCUT2D eigenvalue weighted by atomic mass is 16.5. The Balaban J connectivity index is 2.44. The van der Waals surface area contributed by atoms with Crippen molar-refractivity contribution in [3.8, 4) is 5.75 Å². The number of aryl methyl sites for hydroxylation is 1. The SMILES string of the molecule is CCc1n[nH+]c2c3c(c(OC)ccc13)CC=C2. The molecule has 0 radical (unpaired) electrons. The number of methoxy groups -OCH3 is 1. The first kappa shape index (κ1) is 10.3. The van der Waals surface area contributed by atoms with Crippen molar-refractivity contribution >= 4 is 16.8 Å². The number of nitrogens with one attached hydrogen (secondary N) is 1. The van der Waals surface area contributed by atoms with Crippen molar-refractivity contribution in [3.63, 3.8) is 0 Å². The normalized spacial score (nSPS) is 13.1. The monoisotopic (exact) mass is 227 g/mol. The van der Waals surface area contributed by atoms with Crippen LogP contribution >= 0.6 is 0 Å². The summed E-state index contributed by atoms with van der Waals surface area (Å²) in [4.78, 5) is 0. The van der Waals surface area contributed by atoms with Crippen molar-refractivity contribution in [1.29, 1.82) is 0 Å². The minimum atomic E-state index is 0.925. The Labute approximate surface area is 100 Å². The molecule has 3 rings (SSSR count). The molecule has 2 aromatic rings. The molecule has 1 N–H and O–H groups in total. The highest BCUT2D eigenvalue weighted by molar-refractivity contribution is 5.95. The number of hydrogen-bond acceptors (Lipinski definition) is 2. The van der Waals surface area contributed by atoms with E-state index in [1.165, 1.54) is 16.3 Å². The zero-order valence-electron chi connectivity index (χ0n) is 10.1. The van der Waals surface area contributed by atoms with Crippen LogP contribution in [0.1, 0.15) is 23.9 Å². The molecule has 3 heteroatoms. The van der Waals surface area contributed by atoms with Gasteiger partial charge in [-0.25, -0.2) is 0 Å². The van der Waals surface area contributed by atoms with Crippen LogP contribution in [0, 0.1) is 0 Å². The second kappa shape index (κ2) is 3.84. The van der Waals surface area contributed by atoms with Gasteiger partial charge in [0.15, 0.2) is 0 Å². The minimum Gasteiger partial charge on any atom is -0.496 e. The molecule has 0 amide bonds. The molecule has 0 spiro atoms. The van der Waals surface area contributed by atoms with Crippen molar-refractivity contribution < 1.29 is 9.84 Å². The van der Waals surface area contributed by atoms with E-state index in [1.807, 2.05) is 6.07 Å². The Morgan fingerprint density at radius 3 is 3.06 bits per heavy atom. The molecule has 1 aliphatic carbocycles. The van der Waals surface area contributed by atoms with Gasteiger partial charge in [0.05, 0.1) is 12.5 Å². The van der Waals surface area contributed by atoms with Crippen LogP contribution in [0.4, 0.5) is 0 Å². The third kappa shape index (κ3) is 1.42. The molecule has 0 atom stereocenters. The molecule has 1 aliphatic rings. The minimum absolute atomic E-state index is 0.925. The highest BCUT2D eigenvalue weighted by Crippen LogP contribution is 2.33. The van der Waals surface area contributed by atoms with Gasteiger partial charge in [0, 0.05) is 17.0 Å². The Hall–Kier alpha value is -1.90. The number of aromatic amines is 1. The molecule has 0 saturated carbocycles. The molecule has 17 heavy (non-hydrogen) atoms. The smallest absolute Gasteiger partial charge is 0.237 e. The Bertz CT molecular complexity index is 617. The van der Waals surface area contributed by atoms with Gasteiger partial charge in [0.1, 0.15) is 11.4 Å². The summed E-state index contributed by atoms with van der Waals surface area (Å²) >= 11 is 0. The first-order valence-electron chi connectivity index (χ1n) is 5.91. The number of H-pyrrole nitrogens is 1. The lowest BCUT2D eigenvalue weighted by atomic mass is 9.95. The van der Waals surface area contributed by atoms with E-state index < -0.39 is 0 Å². The largest absolute Gasteiger partial charge is 0.496 e. The molecule has 0 fully saturated rings. The fourth-order valence-electron chi connectivity index (χ4n) is 2.50. The molecule has 0 saturated heterocycles. The van der Waals surface area contributed by atoms with Crippen molar-refractivity contribution in [1.82, 2.24) is 5.10 Å². The van der Waals surface area contributed by atoms with Gasteiger partial charge in [-0.2, -0.15) is 0 Å². The van der Waals surface area contributed by atoms with E-state index in [1.54, 1.807) is 7.11 Å². The van der Waals surface area contributed by atoms with Crippen molar-refractivity contribution in [3.05, 3.63) is 35.2 Å². The van der Waals surface area contributed by atoms with E-state index >= 15 is 0 Å². The standard InChI is InChI=1S/C14H14N2O/c1-3-11-9-7-8-13(17-2)10-5-4-6-12(14(9)10)16-15-11/h4,6-8H,3,5H2,1-2H3/p+1. The molecule has 1 aromatic carbocycles. The maximum Gasteiger partial charge on any atom is 0.237 e. The summed E-state index contributed by atoms with van der Waals surface area (Å²) in [6.07, 6.45) is 6.10. The van der Waals surface area contributed by atoms with Crippen molar-refractivity contribution in [2.45, 2.75) is 19.8 Å². The number of benzene rings is 1. The number of rotatable bonds is 2. The predicted octanol–water partition coefficient (Wildman–Crippen LogP) is 2.19. The van der Waals surface area contributed by atoms with E-state index in [0.717, 1.165) is 30.0 Å². The van der Waals surface area contributed by atoms with Gasteiger partial charge in [-0.15, -0.1) is 0 Å². The number of allylic oxidation sites excluding steroid dienone is 1. The van der Waals surface area contributed by atoms with Crippen LogP contribution in [0.2, 0.25) is 0 Å². The second-order valence-electron chi connectivity index (χ2n) is 4.21. The molecule has 1 heterocycles. The van der Waals surface area contributed by atoms with Gasteiger partial charge in [-0.3, -0.25) is 0 Å². The summed E-state index contributed by atoms with van der Waals surface area (Å²) < 4.78 is 5.44. The topological polar surface area (TPSA) is 36.3 Å². The van der Waals surface area contributed by atoms with Crippen LogP contribution in [0.3, 0.4) is 0 Å². The van der Waals surface area contributed by atoms with Gasteiger partial charge in [0.2, 0.25) is 5.69 Å². The summed E-state index contributed by atoms with van der Waals surface area (Å²) in [6.45, 7) is 2.13. The Morgan fingerprint density at radius 2 is 2.29 bits per heavy atom. The fraction of sp³-hybridized carbons (Fsp3) is 0.286. The number of hydrogen-bond donors (Lipinski definition) is 0. The van der Waals surface area contributed by atoms with Crippen LogP contribution in [-0.2, 0) is 12.8 Å². The average molecular weight is 227 g/mol. The molecule has 0 bridgehead atoms. The zero-order valence-corrected chi connectivity index (χ0v) is 10.1. The Morgan fingerprint density at radius 1 is 1.41 bits per heavy atom. The van der Waals surface area contributed by atoms with Crippen molar-refractivity contribution in [2.24, 2.45) is 0 Å². The average Bonchev–Trinajstić information content (AvgIpc) is 2.40. The first-order valence-corrected chi connectivity index (χ1v) is 5.91. The molecular weight excluding hydrogens is 212 g/mol. The number of nitrogens with zero attached hydrogens (tertiary/aromatic N) is 1. The molecule has 1 aromatic heterocycles. The van der Waals surface area contributed by atoms with Crippen LogP contribution in [0.5, 0.6) is 5.75 Å². The first-order chi connectivity index (χ1) is 8.35. The van der Waals surface area contributed by atoms with Gasteiger partial charge in [0.25, 0.3) is 0 Å². The third-order valence-corrected chi connectivity index (χ3v) is 3.32. The lowest BCUT2D eigenvalue weighted by Gasteiger charge is -2.13. The maximum absolute atomic E-state index is 5.44. The molecular formula is C14H15N2O+. The van der Waals surface area contributed by atoms with Crippen LogP contribution in [0.15, 0.2) is 18.2 Å². The van der Waals surface area contributed by atoms with Gasteiger partial charge in [-0.05, 0) is 30.1 Å². The molecule has 0 aliphatic heterocycles. The van der Waals surface area contributed by atoms with E-state index in [-0.39, 0.29) is 0 Å². The van der Waals surface area contributed by atoms with Crippen LogP contribution < -0.4 is 9.84 Å². The summed E-state index contributed by atoms with van der Waals surface area (Å²) in [5.41, 5.74) is 3.45. The van der Waals surface area contributed by atoms with E-state index in [9.17, 15) is 0 Å². The predicted molar refractivity (Wildman–Crippen MR) is 67.0 cm³/mol. The van der Waals surface area contributed by atoms with E-state index in [4.69, 9.17) is 4.74 Å². The number of aromatic nitrogens is 2. The fourth-order valence-corrected chi connectivity index (χ4v) is 2.50. The summed E-state index contributed by atoms with van der Waals surface area (Å²) in [7, 11) is 1.72. The summed E-state index contributed by atoms with van der Waals surface area (Å²) in [6, 6.07) is 4.15. The van der Waals surface area contributed by atoms with E-state index in [2.05, 4.69) is 35.3 Å². The third-order valence-electron chi connectivity index (χ3n) is 3.32. The lowest BCUT2D eigenvalue weighted by Crippen LogP contribution is -2.18. The summed E-state index contributed by atoms with van der Waals surface area (Å²) in [5.74, 6) is 0.963. The van der Waals surface area contributed by atoms with Gasteiger partial charge < -0.3 is 4.74 Å². The molecule has 3 nitrogen and oxygen atoms in total. The molecule has 0 unspecified atom stereocenters.